The molecule has 0 spiro atoms. The van der Waals surface area contributed by atoms with E-state index in [2.05, 4.69) is 4.74 Å². The molecule has 0 heterocycles. The quantitative estimate of drug-likeness (QED) is 0.476. The first-order valence-corrected chi connectivity index (χ1v) is 6.64. The molecule has 1 fully saturated rings. The number of ether oxygens (including phenoxy) is 1. The van der Waals surface area contributed by atoms with Crippen LogP contribution < -0.4 is 0 Å². The van der Waals surface area contributed by atoms with E-state index in [1.165, 1.54) is 18.2 Å². The SMILES string of the molecule is CCOC(=O)C(=O)c1ccc(F)c(C2CCCC2)c1. The highest BCUT2D eigenvalue weighted by molar-refractivity contribution is 6.40. The fourth-order valence-electron chi connectivity index (χ4n) is 2.55. The number of hydrogen-bond donors (Lipinski definition) is 0. The van der Waals surface area contributed by atoms with Crippen LogP contribution in [0.3, 0.4) is 0 Å². The van der Waals surface area contributed by atoms with E-state index in [1.807, 2.05) is 0 Å². The number of carbonyl (C=O) groups is 2. The highest BCUT2D eigenvalue weighted by Crippen LogP contribution is 2.35. The van der Waals surface area contributed by atoms with Crippen LogP contribution in [0.5, 0.6) is 0 Å². The lowest BCUT2D eigenvalue weighted by atomic mass is 9.94. The van der Waals surface area contributed by atoms with Gasteiger partial charge in [-0.2, -0.15) is 0 Å². The molecule has 1 aliphatic rings. The van der Waals surface area contributed by atoms with Gasteiger partial charge >= 0.3 is 5.97 Å². The highest BCUT2D eigenvalue weighted by atomic mass is 19.1. The molecule has 0 bridgehead atoms. The summed E-state index contributed by atoms with van der Waals surface area (Å²) in [5, 5.41) is 0. The molecule has 0 amide bonds. The molecule has 0 N–H and O–H groups in total. The van der Waals surface area contributed by atoms with Crippen molar-refractivity contribution in [3.8, 4) is 0 Å². The van der Waals surface area contributed by atoms with E-state index in [0.29, 0.717) is 5.56 Å². The number of ketones is 1. The second kappa shape index (κ2) is 5.95. The molecule has 1 aromatic rings. The van der Waals surface area contributed by atoms with Crippen molar-refractivity contribution < 1.29 is 18.7 Å². The zero-order chi connectivity index (χ0) is 13.8. The van der Waals surface area contributed by atoms with E-state index in [4.69, 9.17) is 0 Å². The molecule has 102 valence electrons. The molecule has 4 heteroatoms. The van der Waals surface area contributed by atoms with Gasteiger partial charge in [0.2, 0.25) is 0 Å². The molecular formula is C15H17FO3. The predicted molar refractivity (Wildman–Crippen MR) is 68.6 cm³/mol. The van der Waals surface area contributed by atoms with Crippen LogP contribution >= 0.6 is 0 Å². The van der Waals surface area contributed by atoms with Gasteiger partial charge in [-0.1, -0.05) is 12.8 Å². The third-order valence-electron chi connectivity index (χ3n) is 3.51. The topological polar surface area (TPSA) is 43.4 Å². The number of hydrogen-bond acceptors (Lipinski definition) is 3. The molecule has 0 saturated heterocycles. The first kappa shape index (κ1) is 13.7. The van der Waals surface area contributed by atoms with Crippen LogP contribution in [-0.2, 0) is 9.53 Å². The lowest BCUT2D eigenvalue weighted by molar-refractivity contribution is -0.137. The molecule has 0 aromatic heterocycles. The Hall–Kier alpha value is -1.71. The molecule has 0 atom stereocenters. The Kier molecular flexibility index (Phi) is 4.30. The summed E-state index contributed by atoms with van der Waals surface area (Å²) in [6.07, 6.45) is 4.04. The van der Waals surface area contributed by atoms with Crippen molar-refractivity contribution in [2.75, 3.05) is 6.61 Å². The standard InChI is InChI=1S/C15H17FO3/c1-2-19-15(18)14(17)11-7-8-13(16)12(9-11)10-5-3-4-6-10/h7-10H,2-6H2,1H3. The Labute approximate surface area is 111 Å². The summed E-state index contributed by atoms with van der Waals surface area (Å²) >= 11 is 0. The number of carbonyl (C=O) groups excluding carboxylic acids is 2. The molecule has 1 aromatic carbocycles. The number of halogens is 1. The normalized spacial score (nSPS) is 15.5. The molecule has 1 aliphatic carbocycles. The monoisotopic (exact) mass is 264 g/mol. The summed E-state index contributed by atoms with van der Waals surface area (Å²) < 4.78 is 18.5. The van der Waals surface area contributed by atoms with E-state index in [-0.39, 0.29) is 23.9 Å². The van der Waals surface area contributed by atoms with Crippen molar-refractivity contribution >= 4 is 11.8 Å². The molecule has 2 rings (SSSR count). The minimum atomic E-state index is -0.883. The lowest BCUT2D eigenvalue weighted by Gasteiger charge is -2.12. The molecule has 1 saturated carbocycles. The summed E-state index contributed by atoms with van der Waals surface area (Å²) in [5.41, 5.74) is 0.759. The maximum Gasteiger partial charge on any atom is 0.379 e. The first-order chi connectivity index (χ1) is 9.13. The van der Waals surface area contributed by atoms with E-state index in [1.54, 1.807) is 6.92 Å². The Morgan fingerprint density at radius 1 is 1.32 bits per heavy atom. The van der Waals surface area contributed by atoms with E-state index in [0.717, 1.165) is 25.7 Å². The van der Waals surface area contributed by atoms with Gasteiger partial charge in [0.1, 0.15) is 5.82 Å². The Morgan fingerprint density at radius 2 is 2.00 bits per heavy atom. The second-order valence-electron chi connectivity index (χ2n) is 4.77. The minimum absolute atomic E-state index is 0.154. The van der Waals surface area contributed by atoms with E-state index < -0.39 is 11.8 Å². The molecular weight excluding hydrogens is 247 g/mol. The first-order valence-electron chi connectivity index (χ1n) is 6.64. The molecule has 19 heavy (non-hydrogen) atoms. The van der Waals surface area contributed by atoms with Crippen LogP contribution in [0.25, 0.3) is 0 Å². The van der Waals surface area contributed by atoms with Crippen LogP contribution in [0, 0.1) is 5.82 Å². The van der Waals surface area contributed by atoms with E-state index in [9.17, 15) is 14.0 Å². The molecule has 0 aliphatic heterocycles. The van der Waals surface area contributed by atoms with Gasteiger partial charge in [0.05, 0.1) is 6.61 Å². The van der Waals surface area contributed by atoms with Gasteiger partial charge in [-0.05, 0) is 49.4 Å². The third-order valence-corrected chi connectivity index (χ3v) is 3.51. The maximum absolute atomic E-state index is 13.8. The van der Waals surface area contributed by atoms with Crippen molar-refractivity contribution in [1.29, 1.82) is 0 Å². The Morgan fingerprint density at radius 3 is 2.63 bits per heavy atom. The van der Waals surface area contributed by atoms with Gasteiger partial charge in [-0.25, -0.2) is 9.18 Å². The van der Waals surface area contributed by atoms with Gasteiger partial charge in [0.15, 0.2) is 0 Å². The average molecular weight is 264 g/mol. The third kappa shape index (κ3) is 3.00. The van der Waals surface area contributed by atoms with Crippen LogP contribution in [0.15, 0.2) is 18.2 Å². The average Bonchev–Trinajstić information content (AvgIpc) is 2.92. The number of esters is 1. The zero-order valence-electron chi connectivity index (χ0n) is 10.9. The molecule has 0 radical (unpaired) electrons. The highest BCUT2D eigenvalue weighted by Gasteiger charge is 2.23. The van der Waals surface area contributed by atoms with Gasteiger partial charge in [0, 0.05) is 5.56 Å². The summed E-state index contributed by atoms with van der Waals surface area (Å²) in [7, 11) is 0. The van der Waals surface area contributed by atoms with Crippen LogP contribution in [0.2, 0.25) is 0 Å². The lowest BCUT2D eigenvalue weighted by Crippen LogP contribution is -2.18. The van der Waals surface area contributed by atoms with Gasteiger partial charge < -0.3 is 4.74 Å². The summed E-state index contributed by atoms with van der Waals surface area (Å²) in [6.45, 7) is 1.79. The van der Waals surface area contributed by atoms with Gasteiger partial charge in [0.25, 0.3) is 5.78 Å². The summed E-state index contributed by atoms with van der Waals surface area (Å²) in [5.74, 6) is -1.73. The Balaban J connectivity index is 2.25. The van der Waals surface area contributed by atoms with Gasteiger partial charge in [-0.15, -0.1) is 0 Å². The van der Waals surface area contributed by atoms with Crippen molar-refractivity contribution in [2.45, 2.75) is 38.5 Å². The van der Waals surface area contributed by atoms with Crippen LogP contribution in [-0.4, -0.2) is 18.4 Å². The van der Waals surface area contributed by atoms with Crippen LogP contribution in [0.1, 0.15) is 54.4 Å². The minimum Gasteiger partial charge on any atom is -0.460 e. The maximum atomic E-state index is 13.8. The number of Topliss-reactive ketones (excluding diaryl/α,β-unsaturated/α-hetero) is 1. The Bertz CT molecular complexity index is 490. The zero-order valence-corrected chi connectivity index (χ0v) is 10.9. The summed E-state index contributed by atoms with van der Waals surface area (Å²) in [4.78, 5) is 23.2. The van der Waals surface area contributed by atoms with E-state index >= 15 is 0 Å². The largest absolute Gasteiger partial charge is 0.460 e. The fourth-order valence-corrected chi connectivity index (χ4v) is 2.55. The van der Waals surface area contributed by atoms with Gasteiger partial charge in [-0.3, -0.25) is 4.79 Å². The smallest absolute Gasteiger partial charge is 0.379 e. The van der Waals surface area contributed by atoms with Crippen molar-refractivity contribution in [2.24, 2.45) is 0 Å². The second-order valence-corrected chi connectivity index (χ2v) is 4.77. The number of rotatable bonds is 4. The summed E-state index contributed by atoms with van der Waals surface area (Å²) in [6, 6.07) is 4.11. The van der Waals surface area contributed by atoms with Crippen molar-refractivity contribution in [3.05, 3.63) is 35.1 Å². The van der Waals surface area contributed by atoms with Crippen molar-refractivity contribution in [3.63, 3.8) is 0 Å². The predicted octanol–water partition coefficient (Wildman–Crippen LogP) is 3.23. The van der Waals surface area contributed by atoms with Crippen molar-refractivity contribution in [1.82, 2.24) is 0 Å². The molecule has 0 unspecified atom stereocenters. The number of benzene rings is 1. The van der Waals surface area contributed by atoms with Crippen LogP contribution in [0.4, 0.5) is 4.39 Å². The fraction of sp³-hybridized carbons (Fsp3) is 0.467. The molecule has 3 nitrogen and oxygen atoms in total.